The molecule has 3 nitrogen and oxygen atoms in total. The molecule has 0 spiro atoms. The maximum Gasteiger partial charge on any atom is 0.325 e. The van der Waals surface area contributed by atoms with Crippen LogP contribution < -0.4 is 5.32 Å². The molecule has 0 atom stereocenters. The Bertz CT molecular complexity index is 155. The molecule has 0 aromatic carbocycles. The molecular weight excluding hydrogens is 166 g/mol. The molecule has 0 saturated heterocycles. The number of ether oxygens (including phenoxy) is 1. The van der Waals surface area contributed by atoms with Crippen LogP contribution in [0.5, 0.6) is 0 Å². The highest BCUT2D eigenvalue weighted by Crippen LogP contribution is 2.04. The summed E-state index contributed by atoms with van der Waals surface area (Å²) in [7, 11) is 1.41. The molecule has 13 heavy (non-hydrogen) atoms. The van der Waals surface area contributed by atoms with Gasteiger partial charge in [0.2, 0.25) is 0 Å². The topological polar surface area (TPSA) is 38.3 Å². The van der Waals surface area contributed by atoms with Crippen LogP contribution in [-0.4, -0.2) is 25.2 Å². The highest BCUT2D eigenvalue weighted by molar-refractivity contribution is 5.79. The van der Waals surface area contributed by atoms with Crippen LogP contribution in [0.4, 0.5) is 0 Å². The fourth-order valence-corrected chi connectivity index (χ4v) is 1.10. The van der Waals surface area contributed by atoms with Crippen molar-refractivity contribution in [1.82, 2.24) is 5.32 Å². The third kappa shape index (κ3) is 4.88. The summed E-state index contributed by atoms with van der Waals surface area (Å²) in [5.74, 6) is -0.205. The molecule has 0 unspecified atom stereocenters. The van der Waals surface area contributed by atoms with E-state index in [9.17, 15) is 4.79 Å². The lowest BCUT2D eigenvalue weighted by Crippen LogP contribution is -2.47. The number of hydrogen-bond acceptors (Lipinski definition) is 3. The van der Waals surface area contributed by atoms with E-state index < -0.39 is 5.54 Å². The smallest absolute Gasteiger partial charge is 0.325 e. The van der Waals surface area contributed by atoms with Gasteiger partial charge in [-0.05, 0) is 26.8 Å². The number of rotatable bonds is 6. The summed E-state index contributed by atoms with van der Waals surface area (Å²) in [6, 6.07) is 0. The van der Waals surface area contributed by atoms with Crippen molar-refractivity contribution in [2.24, 2.45) is 0 Å². The van der Waals surface area contributed by atoms with Gasteiger partial charge in [0.1, 0.15) is 5.54 Å². The first-order valence-electron chi connectivity index (χ1n) is 4.88. The molecule has 0 fully saturated rings. The van der Waals surface area contributed by atoms with Gasteiger partial charge in [-0.25, -0.2) is 0 Å². The van der Waals surface area contributed by atoms with E-state index in [1.165, 1.54) is 20.0 Å². The van der Waals surface area contributed by atoms with Gasteiger partial charge in [-0.15, -0.1) is 0 Å². The number of carbonyl (C=O) groups excluding carboxylic acids is 1. The Balaban J connectivity index is 3.69. The molecule has 0 aliphatic heterocycles. The Morgan fingerprint density at radius 2 is 2.00 bits per heavy atom. The fourth-order valence-electron chi connectivity index (χ4n) is 1.10. The first kappa shape index (κ1) is 12.4. The number of methoxy groups -OCH3 is 1. The van der Waals surface area contributed by atoms with Crippen molar-refractivity contribution in [2.75, 3.05) is 13.7 Å². The molecular formula is C10H21NO2. The summed E-state index contributed by atoms with van der Waals surface area (Å²) >= 11 is 0. The third-order valence-electron chi connectivity index (χ3n) is 2.04. The van der Waals surface area contributed by atoms with Gasteiger partial charge >= 0.3 is 5.97 Å². The van der Waals surface area contributed by atoms with Crippen LogP contribution in [0.15, 0.2) is 0 Å². The number of carbonyl (C=O) groups is 1. The number of hydrogen-bond donors (Lipinski definition) is 1. The van der Waals surface area contributed by atoms with Gasteiger partial charge in [0.05, 0.1) is 7.11 Å². The summed E-state index contributed by atoms with van der Waals surface area (Å²) in [5.41, 5.74) is -0.553. The van der Waals surface area contributed by atoms with E-state index in [-0.39, 0.29) is 5.97 Å². The fraction of sp³-hybridized carbons (Fsp3) is 0.900. The average molecular weight is 187 g/mol. The SMILES string of the molecule is CCCCCNC(C)(C)C(=O)OC. The normalized spacial score (nSPS) is 11.4. The summed E-state index contributed by atoms with van der Waals surface area (Å²) in [6.07, 6.45) is 3.50. The molecule has 0 aliphatic rings. The molecule has 0 aliphatic carbocycles. The molecule has 0 radical (unpaired) electrons. The molecule has 3 heteroatoms. The van der Waals surface area contributed by atoms with E-state index in [2.05, 4.69) is 17.0 Å². The molecule has 0 rings (SSSR count). The van der Waals surface area contributed by atoms with E-state index in [4.69, 9.17) is 0 Å². The van der Waals surface area contributed by atoms with Gasteiger partial charge in [0.25, 0.3) is 0 Å². The van der Waals surface area contributed by atoms with Crippen molar-refractivity contribution in [3.05, 3.63) is 0 Å². The molecule has 0 aromatic heterocycles. The first-order chi connectivity index (χ1) is 6.04. The molecule has 1 N–H and O–H groups in total. The van der Waals surface area contributed by atoms with Crippen LogP contribution >= 0.6 is 0 Å². The maximum absolute atomic E-state index is 11.2. The molecule has 0 aromatic rings. The Hall–Kier alpha value is -0.570. The third-order valence-corrected chi connectivity index (χ3v) is 2.04. The summed E-state index contributed by atoms with van der Waals surface area (Å²) in [5, 5.41) is 3.17. The van der Waals surface area contributed by atoms with Crippen molar-refractivity contribution in [3.8, 4) is 0 Å². The lowest BCUT2D eigenvalue weighted by Gasteiger charge is -2.22. The summed E-state index contributed by atoms with van der Waals surface area (Å²) < 4.78 is 4.67. The van der Waals surface area contributed by atoms with Crippen LogP contribution in [0, 0.1) is 0 Å². The van der Waals surface area contributed by atoms with Gasteiger partial charge in [-0.3, -0.25) is 4.79 Å². The Morgan fingerprint density at radius 3 is 2.46 bits per heavy atom. The van der Waals surface area contributed by atoms with Crippen LogP contribution in [0.25, 0.3) is 0 Å². The van der Waals surface area contributed by atoms with Crippen LogP contribution in [0.1, 0.15) is 40.0 Å². The standard InChI is InChI=1S/C10H21NO2/c1-5-6-7-8-11-10(2,3)9(12)13-4/h11H,5-8H2,1-4H3. The maximum atomic E-state index is 11.2. The van der Waals surface area contributed by atoms with E-state index in [1.807, 2.05) is 13.8 Å². The zero-order valence-corrected chi connectivity index (χ0v) is 9.14. The lowest BCUT2D eigenvalue weighted by atomic mass is 10.1. The summed E-state index contributed by atoms with van der Waals surface area (Å²) in [4.78, 5) is 11.2. The highest BCUT2D eigenvalue weighted by atomic mass is 16.5. The quantitative estimate of drug-likeness (QED) is 0.508. The van der Waals surface area contributed by atoms with Gasteiger partial charge in [-0.2, -0.15) is 0 Å². The predicted molar refractivity (Wildman–Crippen MR) is 53.6 cm³/mol. The first-order valence-corrected chi connectivity index (χ1v) is 4.88. The van der Waals surface area contributed by atoms with Crippen LogP contribution in [0.3, 0.4) is 0 Å². The zero-order valence-electron chi connectivity index (χ0n) is 9.14. The van der Waals surface area contributed by atoms with Gasteiger partial charge < -0.3 is 10.1 Å². The van der Waals surface area contributed by atoms with Crippen molar-refractivity contribution >= 4 is 5.97 Å². The summed E-state index contributed by atoms with van der Waals surface area (Å²) in [6.45, 7) is 6.71. The zero-order chi connectivity index (χ0) is 10.3. The molecule has 0 bridgehead atoms. The Kier molecular flexibility index (Phi) is 5.71. The highest BCUT2D eigenvalue weighted by Gasteiger charge is 2.27. The number of nitrogens with one attached hydrogen (secondary N) is 1. The van der Waals surface area contributed by atoms with Crippen molar-refractivity contribution < 1.29 is 9.53 Å². The monoisotopic (exact) mass is 187 g/mol. The second-order valence-electron chi connectivity index (χ2n) is 3.75. The van der Waals surface area contributed by atoms with Crippen molar-refractivity contribution in [2.45, 2.75) is 45.6 Å². The molecule has 0 amide bonds. The Morgan fingerprint density at radius 1 is 1.38 bits per heavy atom. The van der Waals surface area contributed by atoms with Crippen molar-refractivity contribution in [3.63, 3.8) is 0 Å². The minimum absolute atomic E-state index is 0.205. The average Bonchev–Trinajstić information content (AvgIpc) is 2.11. The van der Waals surface area contributed by atoms with Gasteiger partial charge in [0, 0.05) is 0 Å². The minimum atomic E-state index is -0.553. The van der Waals surface area contributed by atoms with Crippen LogP contribution in [-0.2, 0) is 9.53 Å². The largest absolute Gasteiger partial charge is 0.468 e. The predicted octanol–water partition coefficient (Wildman–Crippen LogP) is 1.72. The minimum Gasteiger partial charge on any atom is -0.468 e. The Labute approximate surface area is 80.8 Å². The van der Waals surface area contributed by atoms with E-state index in [1.54, 1.807) is 0 Å². The number of esters is 1. The van der Waals surface area contributed by atoms with Crippen LogP contribution in [0.2, 0.25) is 0 Å². The van der Waals surface area contributed by atoms with E-state index >= 15 is 0 Å². The second kappa shape index (κ2) is 5.97. The molecule has 0 heterocycles. The number of unbranched alkanes of at least 4 members (excludes halogenated alkanes) is 2. The molecule has 78 valence electrons. The van der Waals surface area contributed by atoms with Gasteiger partial charge in [0.15, 0.2) is 0 Å². The second-order valence-corrected chi connectivity index (χ2v) is 3.75. The van der Waals surface area contributed by atoms with E-state index in [0.717, 1.165) is 13.0 Å². The van der Waals surface area contributed by atoms with E-state index in [0.29, 0.717) is 0 Å². The van der Waals surface area contributed by atoms with Gasteiger partial charge in [-0.1, -0.05) is 19.8 Å². The van der Waals surface area contributed by atoms with Crippen molar-refractivity contribution in [1.29, 1.82) is 0 Å². The molecule has 0 saturated carbocycles. The lowest BCUT2D eigenvalue weighted by molar-refractivity contribution is -0.147.